The van der Waals surface area contributed by atoms with Crippen molar-refractivity contribution in [1.82, 2.24) is 15.4 Å². The van der Waals surface area contributed by atoms with E-state index < -0.39 is 0 Å². The summed E-state index contributed by atoms with van der Waals surface area (Å²) < 4.78 is 6.82. The summed E-state index contributed by atoms with van der Waals surface area (Å²) in [5.74, 6) is 1.59. The summed E-state index contributed by atoms with van der Waals surface area (Å²) in [7, 11) is 0. The SMILES string of the molecule is CCOC(=O)c1cc(C)n(CC(=O)NNC(=O)CC23CC4CC(CC(C4)C2)C3)c1C. The van der Waals surface area contributed by atoms with Crippen molar-refractivity contribution in [2.75, 3.05) is 6.61 Å². The fourth-order valence-corrected chi connectivity index (χ4v) is 6.67. The molecule has 0 unspecified atom stereocenters. The number of carbonyl (C=O) groups is 3. The lowest BCUT2D eigenvalue weighted by Crippen LogP contribution is -2.50. The number of ether oxygens (including phenoxy) is 1. The van der Waals surface area contributed by atoms with Gasteiger partial charge in [-0.2, -0.15) is 0 Å². The number of hydrogen-bond donors (Lipinski definition) is 2. The van der Waals surface area contributed by atoms with Crippen LogP contribution in [0.5, 0.6) is 0 Å². The summed E-state index contributed by atoms with van der Waals surface area (Å²) in [6.45, 7) is 5.73. The van der Waals surface area contributed by atoms with E-state index in [-0.39, 0.29) is 29.7 Å². The monoisotopic (exact) mass is 415 g/mol. The number of amides is 2. The first-order valence-electron chi connectivity index (χ1n) is 11.2. The van der Waals surface area contributed by atoms with Crippen LogP contribution in [0.4, 0.5) is 0 Å². The van der Waals surface area contributed by atoms with Crippen molar-refractivity contribution in [2.45, 2.75) is 72.3 Å². The first-order valence-corrected chi connectivity index (χ1v) is 11.2. The summed E-state index contributed by atoms with van der Waals surface area (Å²) >= 11 is 0. The molecule has 2 amide bonds. The predicted molar refractivity (Wildman–Crippen MR) is 111 cm³/mol. The van der Waals surface area contributed by atoms with Crippen molar-refractivity contribution in [1.29, 1.82) is 0 Å². The Morgan fingerprint density at radius 3 is 2.17 bits per heavy atom. The second-order valence-corrected chi connectivity index (χ2v) is 9.78. The van der Waals surface area contributed by atoms with Crippen molar-refractivity contribution < 1.29 is 19.1 Å². The van der Waals surface area contributed by atoms with E-state index in [0.29, 0.717) is 24.3 Å². The van der Waals surface area contributed by atoms with Crippen molar-refractivity contribution in [3.63, 3.8) is 0 Å². The molecule has 7 nitrogen and oxygen atoms in total. The third kappa shape index (κ3) is 4.12. The lowest BCUT2D eigenvalue weighted by atomic mass is 9.49. The van der Waals surface area contributed by atoms with Crippen LogP contribution in [-0.2, 0) is 20.9 Å². The summed E-state index contributed by atoms with van der Waals surface area (Å²) in [4.78, 5) is 37.1. The molecule has 164 valence electrons. The molecule has 4 aliphatic carbocycles. The van der Waals surface area contributed by atoms with E-state index in [1.165, 1.54) is 38.5 Å². The van der Waals surface area contributed by atoms with Gasteiger partial charge in [0.2, 0.25) is 5.91 Å². The molecule has 0 atom stereocenters. The normalized spacial score (nSPS) is 29.0. The van der Waals surface area contributed by atoms with Crippen LogP contribution >= 0.6 is 0 Å². The zero-order chi connectivity index (χ0) is 21.5. The van der Waals surface area contributed by atoms with Crippen LogP contribution in [0.1, 0.15) is 73.6 Å². The molecule has 0 aliphatic heterocycles. The highest BCUT2D eigenvalue weighted by molar-refractivity contribution is 5.91. The molecule has 4 fully saturated rings. The van der Waals surface area contributed by atoms with Gasteiger partial charge in [-0.25, -0.2) is 4.79 Å². The lowest BCUT2D eigenvalue weighted by molar-refractivity contribution is -0.134. The summed E-state index contributed by atoms with van der Waals surface area (Å²) in [5.41, 5.74) is 7.27. The summed E-state index contributed by atoms with van der Waals surface area (Å²) in [6.07, 6.45) is 8.05. The van der Waals surface area contributed by atoms with Gasteiger partial charge < -0.3 is 9.30 Å². The molecule has 4 saturated carbocycles. The van der Waals surface area contributed by atoms with Crippen molar-refractivity contribution in [3.8, 4) is 0 Å². The van der Waals surface area contributed by atoms with Gasteiger partial charge in [0.05, 0.1) is 12.2 Å². The predicted octanol–water partition coefficient (Wildman–Crippen LogP) is 3.04. The Hall–Kier alpha value is -2.31. The van der Waals surface area contributed by atoms with Crippen molar-refractivity contribution >= 4 is 17.8 Å². The fourth-order valence-electron chi connectivity index (χ4n) is 6.67. The van der Waals surface area contributed by atoms with Crippen molar-refractivity contribution in [2.24, 2.45) is 23.2 Å². The van der Waals surface area contributed by atoms with Gasteiger partial charge >= 0.3 is 5.97 Å². The maximum absolute atomic E-state index is 12.6. The van der Waals surface area contributed by atoms with Crippen LogP contribution in [0.15, 0.2) is 6.07 Å². The highest BCUT2D eigenvalue weighted by atomic mass is 16.5. The number of nitrogens with one attached hydrogen (secondary N) is 2. The number of aromatic nitrogens is 1. The molecule has 30 heavy (non-hydrogen) atoms. The van der Waals surface area contributed by atoms with Gasteiger partial charge in [-0.3, -0.25) is 20.4 Å². The first kappa shape index (κ1) is 20.9. The van der Waals surface area contributed by atoms with E-state index in [1.54, 1.807) is 24.5 Å². The van der Waals surface area contributed by atoms with E-state index in [2.05, 4.69) is 10.9 Å². The fraction of sp³-hybridized carbons (Fsp3) is 0.696. The molecule has 0 spiro atoms. The third-order valence-electron chi connectivity index (χ3n) is 7.41. The number of hydrogen-bond acceptors (Lipinski definition) is 4. The van der Waals surface area contributed by atoms with E-state index in [4.69, 9.17) is 4.74 Å². The van der Waals surface area contributed by atoms with E-state index in [9.17, 15) is 14.4 Å². The second-order valence-electron chi connectivity index (χ2n) is 9.78. The number of hydrazine groups is 1. The Balaban J connectivity index is 1.30. The molecule has 1 aromatic heterocycles. The number of aryl methyl sites for hydroxylation is 1. The molecule has 2 N–H and O–H groups in total. The number of nitrogens with zero attached hydrogens (tertiary/aromatic N) is 1. The zero-order valence-corrected chi connectivity index (χ0v) is 18.3. The molecule has 0 saturated heterocycles. The van der Waals surface area contributed by atoms with E-state index in [1.807, 2.05) is 6.92 Å². The van der Waals surface area contributed by atoms with Crippen LogP contribution in [0, 0.1) is 37.0 Å². The Morgan fingerprint density at radius 1 is 1.03 bits per heavy atom. The molecule has 4 bridgehead atoms. The average molecular weight is 416 g/mol. The van der Waals surface area contributed by atoms with Crippen molar-refractivity contribution in [3.05, 3.63) is 23.0 Å². The highest BCUT2D eigenvalue weighted by Gasteiger charge is 2.51. The molecule has 5 rings (SSSR count). The topological polar surface area (TPSA) is 89.4 Å². The van der Waals surface area contributed by atoms with Crippen LogP contribution in [0.2, 0.25) is 0 Å². The van der Waals surface area contributed by atoms with Crippen LogP contribution < -0.4 is 10.9 Å². The number of esters is 1. The Morgan fingerprint density at radius 2 is 1.60 bits per heavy atom. The Kier molecular flexibility index (Phi) is 5.64. The number of rotatable bonds is 6. The van der Waals surface area contributed by atoms with Gasteiger partial charge in [-0.15, -0.1) is 0 Å². The second kappa shape index (κ2) is 8.08. The molecule has 0 aromatic carbocycles. The minimum Gasteiger partial charge on any atom is -0.462 e. The molecule has 4 aliphatic rings. The van der Waals surface area contributed by atoms with Crippen LogP contribution in [-0.4, -0.2) is 29.0 Å². The Bertz CT molecular complexity index is 822. The molecule has 1 heterocycles. The van der Waals surface area contributed by atoms with E-state index in [0.717, 1.165) is 23.4 Å². The smallest absolute Gasteiger partial charge is 0.339 e. The minimum atomic E-state index is -0.388. The van der Waals surface area contributed by atoms with Gasteiger partial charge in [-0.05, 0) is 88.5 Å². The first-order chi connectivity index (χ1) is 14.3. The third-order valence-corrected chi connectivity index (χ3v) is 7.41. The van der Waals surface area contributed by atoms with Crippen LogP contribution in [0.25, 0.3) is 0 Å². The van der Waals surface area contributed by atoms with Gasteiger partial charge in [0.1, 0.15) is 6.54 Å². The molecular formula is C23H33N3O4. The average Bonchev–Trinajstić information content (AvgIpc) is 2.93. The maximum atomic E-state index is 12.6. The quantitative estimate of drug-likeness (QED) is 0.552. The molecular weight excluding hydrogens is 382 g/mol. The zero-order valence-electron chi connectivity index (χ0n) is 18.3. The minimum absolute atomic E-state index is 0.0364. The Labute approximate surface area is 177 Å². The number of carbonyl (C=O) groups excluding carboxylic acids is 3. The van der Waals surface area contributed by atoms with Gasteiger partial charge in [0.15, 0.2) is 0 Å². The van der Waals surface area contributed by atoms with Gasteiger partial charge in [0, 0.05) is 17.8 Å². The highest BCUT2D eigenvalue weighted by Crippen LogP contribution is 2.61. The molecule has 7 heteroatoms. The van der Waals surface area contributed by atoms with E-state index >= 15 is 0 Å². The largest absolute Gasteiger partial charge is 0.462 e. The molecule has 1 aromatic rings. The standard InChI is InChI=1S/C23H33N3O4/c1-4-30-22(29)19-5-14(2)26(15(19)3)13-21(28)25-24-20(27)12-23-9-16-6-17(10-23)8-18(7-16)11-23/h5,16-18H,4,6-13H2,1-3H3,(H,24,27)(H,25,28). The van der Waals surface area contributed by atoms with Crippen LogP contribution in [0.3, 0.4) is 0 Å². The summed E-state index contributed by atoms with van der Waals surface area (Å²) in [6, 6.07) is 1.73. The van der Waals surface area contributed by atoms with Gasteiger partial charge in [-0.1, -0.05) is 0 Å². The summed E-state index contributed by atoms with van der Waals surface area (Å²) in [5, 5.41) is 0. The molecule has 0 radical (unpaired) electrons. The maximum Gasteiger partial charge on any atom is 0.339 e. The lowest BCUT2D eigenvalue weighted by Gasteiger charge is -2.56. The van der Waals surface area contributed by atoms with Gasteiger partial charge in [0.25, 0.3) is 5.91 Å².